The summed E-state index contributed by atoms with van der Waals surface area (Å²) < 4.78 is 0. The Morgan fingerprint density at radius 3 is 3.04 bits per heavy atom. The third-order valence-corrected chi connectivity index (χ3v) is 6.73. The van der Waals surface area contributed by atoms with Gasteiger partial charge in [-0.15, -0.1) is 11.3 Å². The van der Waals surface area contributed by atoms with E-state index in [1.54, 1.807) is 11.3 Å². The summed E-state index contributed by atoms with van der Waals surface area (Å²) in [7, 11) is 0. The maximum Gasteiger partial charge on any atom is 0.259 e. The molecule has 128 valence electrons. The van der Waals surface area contributed by atoms with Gasteiger partial charge in [0.25, 0.3) is 5.56 Å². The molecule has 5 rings (SSSR count). The molecule has 0 saturated carbocycles. The van der Waals surface area contributed by atoms with Crippen LogP contribution in [0.15, 0.2) is 29.1 Å². The molecular formula is C20H21N3OS. The molecule has 0 radical (unpaired) electrons. The van der Waals surface area contributed by atoms with E-state index in [1.807, 2.05) is 0 Å². The summed E-state index contributed by atoms with van der Waals surface area (Å²) in [5, 5.41) is 0.846. The van der Waals surface area contributed by atoms with Gasteiger partial charge in [0.15, 0.2) is 0 Å². The van der Waals surface area contributed by atoms with Crippen molar-refractivity contribution in [3.8, 4) is 0 Å². The maximum atomic E-state index is 12.7. The molecule has 2 aliphatic rings. The summed E-state index contributed by atoms with van der Waals surface area (Å²) in [5.74, 6) is 0.777. The number of para-hydroxylation sites is 1. The second-order valence-electron chi connectivity index (χ2n) is 7.21. The first-order valence-electron chi connectivity index (χ1n) is 9.08. The van der Waals surface area contributed by atoms with Crippen molar-refractivity contribution in [2.24, 2.45) is 0 Å². The highest BCUT2D eigenvalue weighted by Crippen LogP contribution is 2.35. The van der Waals surface area contributed by atoms with Crippen molar-refractivity contribution in [2.45, 2.75) is 51.6 Å². The molecule has 0 spiro atoms. The number of hydrogen-bond acceptors (Lipinski definition) is 4. The average molecular weight is 351 g/mol. The van der Waals surface area contributed by atoms with E-state index in [1.165, 1.54) is 34.5 Å². The molecular weight excluding hydrogens is 330 g/mol. The van der Waals surface area contributed by atoms with Gasteiger partial charge in [-0.3, -0.25) is 4.79 Å². The predicted octanol–water partition coefficient (Wildman–Crippen LogP) is 3.81. The van der Waals surface area contributed by atoms with E-state index in [0.717, 1.165) is 35.3 Å². The standard InChI is InChI=1S/C20H21N3OS/c1-12-10-13-6-2-4-8-15(13)23(12)11-17-21-19(24)18-14-7-3-5-9-16(14)25-20(18)22-17/h2,4,6,8,12H,3,5,7,9-11H2,1H3,(H,21,22,24)/t12-/m1/s1. The van der Waals surface area contributed by atoms with Gasteiger partial charge in [0, 0.05) is 16.6 Å². The number of anilines is 1. The molecule has 1 aromatic carbocycles. The summed E-state index contributed by atoms with van der Waals surface area (Å²) in [4.78, 5) is 25.3. The van der Waals surface area contributed by atoms with E-state index in [4.69, 9.17) is 4.98 Å². The van der Waals surface area contributed by atoms with E-state index >= 15 is 0 Å². The van der Waals surface area contributed by atoms with E-state index in [9.17, 15) is 4.79 Å². The van der Waals surface area contributed by atoms with Gasteiger partial charge in [-0.05, 0) is 56.2 Å². The van der Waals surface area contributed by atoms with Crippen LogP contribution in [-0.2, 0) is 25.8 Å². The van der Waals surface area contributed by atoms with Crippen molar-refractivity contribution in [3.05, 3.63) is 56.4 Å². The normalized spacial score (nSPS) is 19.2. The van der Waals surface area contributed by atoms with Crippen LogP contribution >= 0.6 is 11.3 Å². The maximum absolute atomic E-state index is 12.7. The van der Waals surface area contributed by atoms with Crippen LogP contribution in [0.5, 0.6) is 0 Å². The largest absolute Gasteiger partial charge is 0.361 e. The number of hydrogen-bond donors (Lipinski definition) is 1. The summed E-state index contributed by atoms with van der Waals surface area (Å²) in [6.07, 6.45) is 5.59. The van der Waals surface area contributed by atoms with Crippen molar-refractivity contribution in [3.63, 3.8) is 0 Å². The van der Waals surface area contributed by atoms with Crippen LogP contribution in [0.25, 0.3) is 10.2 Å². The molecule has 2 aromatic heterocycles. The van der Waals surface area contributed by atoms with Crippen molar-refractivity contribution in [1.82, 2.24) is 9.97 Å². The lowest BCUT2D eigenvalue weighted by atomic mass is 9.97. The molecule has 0 unspecified atom stereocenters. The number of aromatic nitrogens is 2. The lowest BCUT2D eigenvalue weighted by Crippen LogP contribution is -2.30. The quantitative estimate of drug-likeness (QED) is 0.764. The number of fused-ring (bicyclic) bond motifs is 4. The summed E-state index contributed by atoms with van der Waals surface area (Å²) in [5.41, 5.74) is 3.94. The minimum Gasteiger partial charge on any atom is -0.361 e. The number of benzene rings is 1. The Morgan fingerprint density at radius 1 is 1.28 bits per heavy atom. The number of H-pyrrole nitrogens is 1. The van der Waals surface area contributed by atoms with E-state index in [0.29, 0.717) is 12.6 Å². The van der Waals surface area contributed by atoms with Crippen molar-refractivity contribution < 1.29 is 0 Å². The van der Waals surface area contributed by atoms with Crippen molar-refractivity contribution >= 4 is 27.2 Å². The smallest absolute Gasteiger partial charge is 0.259 e. The van der Waals surface area contributed by atoms with E-state index < -0.39 is 0 Å². The topological polar surface area (TPSA) is 49.0 Å². The lowest BCUT2D eigenvalue weighted by Gasteiger charge is -2.24. The molecule has 1 aliphatic heterocycles. The Labute approximate surface area is 150 Å². The van der Waals surface area contributed by atoms with Gasteiger partial charge >= 0.3 is 0 Å². The van der Waals surface area contributed by atoms with E-state index in [-0.39, 0.29) is 5.56 Å². The van der Waals surface area contributed by atoms with Crippen molar-refractivity contribution in [2.75, 3.05) is 4.90 Å². The highest BCUT2D eigenvalue weighted by molar-refractivity contribution is 7.18. The molecule has 0 fully saturated rings. The van der Waals surface area contributed by atoms with Gasteiger partial charge < -0.3 is 9.88 Å². The van der Waals surface area contributed by atoms with Gasteiger partial charge in [-0.2, -0.15) is 0 Å². The minimum absolute atomic E-state index is 0.0412. The highest BCUT2D eigenvalue weighted by Gasteiger charge is 2.27. The average Bonchev–Trinajstić information content (AvgIpc) is 3.13. The Hall–Kier alpha value is -2.14. The molecule has 5 heteroatoms. The Bertz CT molecular complexity index is 1020. The van der Waals surface area contributed by atoms with Gasteiger partial charge in [-0.25, -0.2) is 4.98 Å². The number of nitrogens with one attached hydrogen (secondary N) is 1. The van der Waals surface area contributed by atoms with Crippen LogP contribution in [0, 0.1) is 0 Å². The van der Waals surface area contributed by atoms with Crippen LogP contribution in [0.2, 0.25) is 0 Å². The first kappa shape index (κ1) is 15.1. The van der Waals surface area contributed by atoms with Crippen LogP contribution < -0.4 is 10.5 Å². The number of rotatable bonds is 2. The van der Waals surface area contributed by atoms with Crippen LogP contribution in [0.1, 0.15) is 41.6 Å². The molecule has 1 atom stereocenters. The molecule has 4 nitrogen and oxygen atoms in total. The minimum atomic E-state index is 0.0412. The molecule has 3 heterocycles. The molecule has 0 amide bonds. The second kappa shape index (κ2) is 5.70. The summed E-state index contributed by atoms with van der Waals surface area (Å²) in [6, 6.07) is 8.96. The Balaban J connectivity index is 1.55. The summed E-state index contributed by atoms with van der Waals surface area (Å²) in [6.45, 7) is 2.90. The fraction of sp³-hybridized carbons (Fsp3) is 0.400. The molecule has 3 aromatic rings. The van der Waals surface area contributed by atoms with Gasteiger partial charge in [0.1, 0.15) is 10.7 Å². The van der Waals surface area contributed by atoms with Gasteiger partial charge in [-0.1, -0.05) is 18.2 Å². The number of aromatic amines is 1. The molecule has 25 heavy (non-hydrogen) atoms. The molecule has 1 N–H and O–H groups in total. The van der Waals surface area contributed by atoms with Crippen LogP contribution in [0.3, 0.4) is 0 Å². The zero-order valence-corrected chi connectivity index (χ0v) is 15.2. The Morgan fingerprint density at radius 2 is 2.12 bits per heavy atom. The van der Waals surface area contributed by atoms with Crippen molar-refractivity contribution in [1.29, 1.82) is 0 Å². The fourth-order valence-corrected chi connectivity index (χ4v) is 5.60. The van der Waals surface area contributed by atoms with E-state index in [2.05, 4.69) is 41.1 Å². The number of nitrogens with zero attached hydrogens (tertiary/aromatic N) is 2. The monoisotopic (exact) mass is 351 g/mol. The van der Waals surface area contributed by atoms with Crippen LogP contribution in [-0.4, -0.2) is 16.0 Å². The lowest BCUT2D eigenvalue weighted by molar-refractivity contribution is 0.655. The Kier molecular flexibility index (Phi) is 3.45. The number of thiophene rings is 1. The highest BCUT2D eigenvalue weighted by atomic mass is 32.1. The second-order valence-corrected chi connectivity index (χ2v) is 8.30. The molecule has 0 saturated heterocycles. The third kappa shape index (κ3) is 2.41. The SMILES string of the molecule is C[C@@H]1Cc2ccccc2N1Cc1nc2sc3c(c2c(=O)[nH]1)CCCC3. The molecule has 0 bridgehead atoms. The first-order valence-corrected chi connectivity index (χ1v) is 9.90. The van der Waals surface area contributed by atoms with Gasteiger partial charge in [0.05, 0.1) is 11.9 Å². The summed E-state index contributed by atoms with van der Waals surface area (Å²) >= 11 is 1.72. The number of aryl methyl sites for hydroxylation is 2. The molecule has 1 aliphatic carbocycles. The fourth-order valence-electron chi connectivity index (χ4n) is 4.32. The van der Waals surface area contributed by atoms with Gasteiger partial charge in [0.2, 0.25) is 0 Å². The first-order chi connectivity index (χ1) is 12.2. The predicted molar refractivity (Wildman–Crippen MR) is 103 cm³/mol. The van der Waals surface area contributed by atoms with Crippen LogP contribution in [0.4, 0.5) is 5.69 Å². The third-order valence-electron chi connectivity index (χ3n) is 5.54. The zero-order chi connectivity index (χ0) is 17.0. The zero-order valence-electron chi connectivity index (χ0n) is 14.3.